The SMILES string of the molecule is COC[C@@H]1OC(=O)[C@@H](O)[C@@H]1OC. The minimum Gasteiger partial charge on any atom is -0.455 e. The lowest BCUT2D eigenvalue weighted by molar-refractivity contribution is -0.148. The van der Waals surface area contributed by atoms with Gasteiger partial charge in [0.1, 0.15) is 6.10 Å². The molecule has 0 radical (unpaired) electrons. The van der Waals surface area contributed by atoms with Gasteiger partial charge in [0.25, 0.3) is 0 Å². The highest BCUT2D eigenvalue weighted by atomic mass is 16.6. The predicted octanol–water partition coefficient (Wildman–Crippen LogP) is -1.07. The largest absolute Gasteiger partial charge is 0.455 e. The molecule has 5 heteroatoms. The molecule has 5 nitrogen and oxygen atoms in total. The van der Waals surface area contributed by atoms with Gasteiger partial charge in [-0.1, -0.05) is 0 Å². The first-order valence-electron chi connectivity index (χ1n) is 3.61. The highest BCUT2D eigenvalue weighted by Crippen LogP contribution is 2.18. The molecule has 0 amide bonds. The van der Waals surface area contributed by atoms with Gasteiger partial charge in [-0.05, 0) is 0 Å². The molecule has 0 aromatic carbocycles. The van der Waals surface area contributed by atoms with Crippen LogP contribution in [0.4, 0.5) is 0 Å². The van der Waals surface area contributed by atoms with Crippen LogP contribution in [0.1, 0.15) is 0 Å². The summed E-state index contributed by atoms with van der Waals surface area (Å²) in [5.74, 6) is -0.649. The van der Waals surface area contributed by atoms with Gasteiger partial charge >= 0.3 is 5.97 Å². The molecule has 0 saturated carbocycles. The molecule has 3 atom stereocenters. The van der Waals surface area contributed by atoms with E-state index in [1.807, 2.05) is 0 Å². The van der Waals surface area contributed by atoms with Crippen LogP contribution in [0.15, 0.2) is 0 Å². The summed E-state index contributed by atoms with van der Waals surface area (Å²) >= 11 is 0. The van der Waals surface area contributed by atoms with Gasteiger partial charge in [0.05, 0.1) is 6.61 Å². The van der Waals surface area contributed by atoms with Gasteiger partial charge in [-0.15, -0.1) is 0 Å². The molecule has 12 heavy (non-hydrogen) atoms. The van der Waals surface area contributed by atoms with Gasteiger partial charge in [0.2, 0.25) is 0 Å². The smallest absolute Gasteiger partial charge is 0.338 e. The van der Waals surface area contributed by atoms with Gasteiger partial charge < -0.3 is 19.3 Å². The van der Waals surface area contributed by atoms with E-state index in [1.165, 1.54) is 14.2 Å². The van der Waals surface area contributed by atoms with Gasteiger partial charge in [-0.2, -0.15) is 0 Å². The highest BCUT2D eigenvalue weighted by molar-refractivity contribution is 5.77. The number of carbonyl (C=O) groups excluding carboxylic acids is 1. The van der Waals surface area contributed by atoms with Gasteiger partial charge in [-0.3, -0.25) is 0 Å². The molecule has 0 unspecified atom stereocenters. The second-order valence-corrected chi connectivity index (χ2v) is 2.58. The predicted molar refractivity (Wildman–Crippen MR) is 38.6 cm³/mol. The number of rotatable bonds is 3. The van der Waals surface area contributed by atoms with Crippen LogP contribution in [0.2, 0.25) is 0 Å². The molecule has 0 bridgehead atoms. The molecular formula is C7H12O5. The zero-order chi connectivity index (χ0) is 9.14. The zero-order valence-corrected chi connectivity index (χ0v) is 7.02. The molecular weight excluding hydrogens is 164 g/mol. The lowest BCUT2D eigenvalue weighted by atomic mass is 10.1. The Morgan fingerprint density at radius 1 is 1.58 bits per heavy atom. The van der Waals surface area contributed by atoms with E-state index in [-0.39, 0.29) is 6.61 Å². The molecule has 1 N–H and O–H groups in total. The standard InChI is InChI=1S/C7H12O5/c1-10-3-4-6(11-2)5(8)7(9)12-4/h4-6,8H,3H2,1-2H3/t4-,5-,6+/m0/s1. The van der Waals surface area contributed by atoms with Gasteiger partial charge in [0.15, 0.2) is 12.2 Å². The molecule has 0 aliphatic carbocycles. The van der Waals surface area contributed by atoms with Crippen LogP contribution in [0.5, 0.6) is 0 Å². The summed E-state index contributed by atoms with van der Waals surface area (Å²) in [6.07, 6.45) is -2.30. The summed E-state index contributed by atoms with van der Waals surface area (Å²) in [5.41, 5.74) is 0. The summed E-state index contributed by atoms with van der Waals surface area (Å²) < 4.78 is 14.4. The highest BCUT2D eigenvalue weighted by Gasteiger charge is 2.43. The molecule has 0 spiro atoms. The minimum atomic E-state index is -1.19. The monoisotopic (exact) mass is 176 g/mol. The lowest BCUT2D eigenvalue weighted by Gasteiger charge is -2.15. The number of methoxy groups -OCH3 is 2. The van der Waals surface area contributed by atoms with Crippen LogP contribution < -0.4 is 0 Å². The van der Waals surface area contributed by atoms with Crippen molar-refractivity contribution in [3.63, 3.8) is 0 Å². The van der Waals surface area contributed by atoms with Crippen molar-refractivity contribution in [3.05, 3.63) is 0 Å². The summed E-state index contributed by atoms with van der Waals surface area (Å²) in [5, 5.41) is 9.20. The fourth-order valence-corrected chi connectivity index (χ4v) is 1.20. The Morgan fingerprint density at radius 2 is 2.25 bits per heavy atom. The quantitative estimate of drug-likeness (QED) is 0.555. The first-order chi connectivity index (χ1) is 5.70. The first kappa shape index (κ1) is 9.44. The first-order valence-corrected chi connectivity index (χ1v) is 3.61. The molecule has 0 aromatic heterocycles. The molecule has 1 saturated heterocycles. The zero-order valence-electron chi connectivity index (χ0n) is 7.02. The summed E-state index contributed by atoms with van der Waals surface area (Å²) in [4.78, 5) is 10.8. The third kappa shape index (κ3) is 1.57. The molecule has 1 aliphatic rings. The Morgan fingerprint density at radius 3 is 2.75 bits per heavy atom. The molecule has 1 fully saturated rings. The summed E-state index contributed by atoms with van der Waals surface area (Å²) in [7, 11) is 2.91. The van der Waals surface area contributed by atoms with Crippen LogP contribution in [-0.2, 0) is 19.0 Å². The van der Waals surface area contributed by atoms with E-state index >= 15 is 0 Å². The van der Waals surface area contributed by atoms with Crippen molar-refractivity contribution in [2.24, 2.45) is 0 Å². The molecule has 0 aromatic rings. The van der Waals surface area contributed by atoms with Crippen LogP contribution in [0.3, 0.4) is 0 Å². The number of hydrogen-bond acceptors (Lipinski definition) is 5. The maximum Gasteiger partial charge on any atom is 0.338 e. The van der Waals surface area contributed by atoms with Crippen molar-refractivity contribution < 1.29 is 24.1 Å². The third-order valence-corrected chi connectivity index (χ3v) is 1.79. The Labute approximate surface area is 70.2 Å². The number of hydrogen-bond donors (Lipinski definition) is 1. The van der Waals surface area contributed by atoms with Crippen molar-refractivity contribution in [1.29, 1.82) is 0 Å². The number of esters is 1. The maximum absolute atomic E-state index is 10.8. The average Bonchev–Trinajstić information content (AvgIpc) is 2.29. The van der Waals surface area contributed by atoms with Crippen LogP contribution >= 0.6 is 0 Å². The summed E-state index contributed by atoms with van der Waals surface area (Å²) in [6, 6.07) is 0. The van der Waals surface area contributed by atoms with E-state index in [4.69, 9.17) is 14.2 Å². The van der Waals surface area contributed by atoms with Gasteiger partial charge in [-0.25, -0.2) is 4.79 Å². The van der Waals surface area contributed by atoms with Crippen molar-refractivity contribution in [2.75, 3.05) is 20.8 Å². The lowest BCUT2D eigenvalue weighted by Crippen LogP contribution is -2.35. The topological polar surface area (TPSA) is 65.0 Å². The third-order valence-electron chi connectivity index (χ3n) is 1.79. The maximum atomic E-state index is 10.8. The van der Waals surface area contributed by atoms with Crippen LogP contribution in [-0.4, -0.2) is 50.2 Å². The summed E-state index contributed by atoms with van der Waals surface area (Å²) in [6.45, 7) is 0.237. The number of ether oxygens (including phenoxy) is 3. The number of aliphatic hydroxyl groups excluding tert-OH is 1. The Hall–Kier alpha value is -0.650. The fraction of sp³-hybridized carbons (Fsp3) is 0.857. The van der Waals surface area contributed by atoms with Crippen LogP contribution in [0, 0.1) is 0 Å². The van der Waals surface area contributed by atoms with Crippen molar-refractivity contribution >= 4 is 5.97 Å². The molecule has 70 valence electrons. The molecule has 1 heterocycles. The number of carbonyl (C=O) groups is 1. The van der Waals surface area contributed by atoms with E-state index in [2.05, 4.69) is 0 Å². The van der Waals surface area contributed by atoms with Crippen molar-refractivity contribution in [2.45, 2.75) is 18.3 Å². The second kappa shape index (κ2) is 3.84. The Kier molecular flexibility index (Phi) is 3.02. The van der Waals surface area contributed by atoms with Crippen molar-refractivity contribution in [3.8, 4) is 0 Å². The average molecular weight is 176 g/mol. The normalized spacial score (nSPS) is 35.2. The molecule has 1 rings (SSSR count). The molecule has 1 aliphatic heterocycles. The Bertz CT molecular complexity index is 169. The van der Waals surface area contributed by atoms with E-state index in [0.29, 0.717) is 0 Å². The Balaban J connectivity index is 2.58. The minimum absolute atomic E-state index is 0.237. The number of cyclic esters (lactones) is 1. The van der Waals surface area contributed by atoms with E-state index < -0.39 is 24.3 Å². The van der Waals surface area contributed by atoms with Gasteiger partial charge in [0, 0.05) is 14.2 Å². The van der Waals surface area contributed by atoms with E-state index in [0.717, 1.165) is 0 Å². The second-order valence-electron chi connectivity index (χ2n) is 2.58. The van der Waals surface area contributed by atoms with E-state index in [1.54, 1.807) is 0 Å². The number of aliphatic hydroxyl groups is 1. The van der Waals surface area contributed by atoms with Crippen molar-refractivity contribution in [1.82, 2.24) is 0 Å². The van der Waals surface area contributed by atoms with Crippen LogP contribution in [0.25, 0.3) is 0 Å². The fourth-order valence-electron chi connectivity index (χ4n) is 1.20. The van der Waals surface area contributed by atoms with E-state index in [9.17, 15) is 9.90 Å².